The summed E-state index contributed by atoms with van der Waals surface area (Å²) in [6, 6.07) is 6.08. The highest BCUT2D eigenvalue weighted by Gasteiger charge is 2.17. The van der Waals surface area contributed by atoms with Crippen molar-refractivity contribution in [3.63, 3.8) is 0 Å². The van der Waals surface area contributed by atoms with Crippen molar-refractivity contribution in [1.29, 1.82) is 0 Å². The Bertz CT molecular complexity index is 540. The number of benzene rings is 1. The summed E-state index contributed by atoms with van der Waals surface area (Å²) in [5.41, 5.74) is 0.716. The van der Waals surface area contributed by atoms with Gasteiger partial charge in [-0.3, -0.25) is 4.79 Å². The van der Waals surface area contributed by atoms with Gasteiger partial charge in [0.25, 0.3) is 0 Å². The van der Waals surface area contributed by atoms with Gasteiger partial charge >= 0.3 is 5.97 Å². The molecule has 1 aromatic carbocycles. The molecule has 5 nitrogen and oxygen atoms in total. The number of hydrogen-bond donors (Lipinski definition) is 1. The number of carbonyl (C=O) groups is 1. The fourth-order valence-electron chi connectivity index (χ4n) is 1.64. The summed E-state index contributed by atoms with van der Waals surface area (Å²) in [6.45, 7) is 1.82. The van der Waals surface area contributed by atoms with Crippen molar-refractivity contribution < 1.29 is 17.9 Å². The van der Waals surface area contributed by atoms with Gasteiger partial charge in [0, 0.05) is 11.8 Å². The normalized spacial score (nSPS) is 12.9. The van der Waals surface area contributed by atoms with Gasteiger partial charge in [0.15, 0.2) is 0 Å². The number of ether oxygens (including phenoxy) is 1. The predicted molar refractivity (Wildman–Crippen MR) is 80.3 cm³/mol. The molecular formula is C13H19NO4S2. The van der Waals surface area contributed by atoms with E-state index in [4.69, 9.17) is 0 Å². The van der Waals surface area contributed by atoms with Gasteiger partial charge < -0.3 is 4.74 Å². The van der Waals surface area contributed by atoms with Crippen molar-refractivity contribution in [1.82, 2.24) is 4.72 Å². The molecule has 0 saturated carbocycles. The van der Waals surface area contributed by atoms with Gasteiger partial charge in [-0.15, -0.1) is 0 Å². The summed E-state index contributed by atoms with van der Waals surface area (Å²) in [4.78, 5) is 11.3. The molecule has 0 heterocycles. The summed E-state index contributed by atoms with van der Waals surface area (Å²) in [5, 5.41) is 0. The third-order valence-electron chi connectivity index (χ3n) is 2.58. The second-order valence-electron chi connectivity index (χ2n) is 4.37. The molecule has 1 rings (SSSR count). The first kappa shape index (κ1) is 17.0. The van der Waals surface area contributed by atoms with Crippen molar-refractivity contribution in [2.45, 2.75) is 24.3 Å². The Morgan fingerprint density at radius 1 is 1.35 bits per heavy atom. The molecule has 1 aromatic rings. The first-order chi connectivity index (χ1) is 9.39. The Balaban J connectivity index is 2.79. The SMILES string of the molecule is COC(=O)Cc1ccc(S(=O)(=O)NC(C)CSC)cc1. The van der Waals surface area contributed by atoms with Crippen LogP contribution in [0.1, 0.15) is 12.5 Å². The zero-order valence-electron chi connectivity index (χ0n) is 11.8. The lowest BCUT2D eigenvalue weighted by Gasteiger charge is -2.13. The van der Waals surface area contributed by atoms with Crippen LogP contribution in [0.5, 0.6) is 0 Å². The molecule has 1 unspecified atom stereocenters. The largest absolute Gasteiger partial charge is 0.469 e. The Labute approximate surface area is 124 Å². The molecule has 0 saturated heterocycles. The number of rotatable bonds is 7. The lowest BCUT2D eigenvalue weighted by atomic mass is 10.2. The third kappa shape index (κ3) is 5.15. The molecule has 112 valence electrons. The van der Waals surface area contributed by atoms with E-state index in [0.29, 0.717) is 11.3 Å². The third-order valence-corrected chi connectivity index (χ3v) is 5.02. The Kier molecular flexibility index (Phi) is 6.51. The molecule has 1 N–H and O–H groups in total. The van der Waals surface area contributed by atoms with Crippen LogP contribution in [0.3, 0.4) is 0 Å². The van der Waals surface area contributed by atoms with E-state index in [1.54, 1.807) is 23.9 Å². The van der Waals surface area contributed by atoms with Crippen LogP contribution < -0.4 is 4.72 Å². The first-order valence-corrected chi connectivity index (χ1v) is 8.93. The topological polar surface area (TPSA) is 72.5 Å². The van der Waals surface area contributed by atoms with Gasteiger partial charge in [0.05, 0.1) is 18.4 Å². The maximum Gasteiger partial charge on any atom is 0.309 e. The highest BCUT2D eigenvalue weighted by atomic mass is 32.2. The van der Waals surface area contributed by atoms with E-state index in [0.717, 1.165) is 0 Å². The molecule has 0 bridgehead atoms. The number of sulfonamides is 1. The van der Waals surface area contributed by atoms with Crippen LogP contribution in [-0.2, 0) is 26.0 Å². The van der Waals surface area contributed by atoms with Crippen LogP contribution in [0.15, 0.2) is 29.2 Å². The fourth-order valence-corrected chi connectivity index (χ4v) is 3.57. The lowest BCUT2D eigenvalue weighted by Crippen LogP contribution is -2.34. The second kappa shape index (κ2) is 7.66. The average Bonchev–Trinajstić information content (AvgIpc) is 2.38. The molecule has 1 atom stereocenters. The van der Waals surface area contributed by atoms with Crippen LogP contribution in [0.4, 0.5) is 0 Å². The number of methoxy groups -OCH3 is 1. The van der Waals surface area contributed by atoms with E-state index in [2.05, 4.69) is 9.46 Å². The van der Waals surface area contributed by atoms with Gasteiger partial charge in [0.1, 0.15) is 0 Å². The Hall–Kier alpha value is -1.05. The van der Waals surface area contributed by atoms with Gasteiger partial charge in [-0.2, -0.15) is 11.8 Å². The molecule has 0 amide bonds. The summed E-state index contributed by atoms with van der Waals surface area (Å²) in [6.07, 6.45) is 2.06. The summed E-state index contributed by atoms with van der Waals surface area (Å²) in [5.74, 6) is 0.354. The van der Waals surface area contributed by atoms with E-state index in [-0.39, 0.29) is 23.3 Å². The number of nitrogens with one attached hydrogen (secondary N) is 1. The summed E-state index contributed by atoms with van der Waals surface area (Å²) in [7, 11) is -2.19. The molecule has 20 heavy (non-hydrogen) atoms. The molecule has 0 aromatic heterocycles. The van der Waals surface area contributed by atoms with Crippen LogP contribution in [0.2, 0.25) is 0 Å². The number of hydrogen-bond acceptors (Lipinski definition) is 5. The number of esters is 1. The molecule has 0 aliphatic heterocycles. The highest BCUT2D eigenvalue weighted by Crippen LogP contribution is 2.12. The maximum atomic E-state index is 12.1. The van der Waals surface area contributed by atoms with E-state index in [1.165, 1.54) is 19.2 Å². The standard InChI is InChI=1S/C13H19NO4S2/c1-10(9-19-3)14-20(16,17)12-6-4-11(5-7-12)8-13(15)18-2/h4-7,10,14H,8-9H2,1-3H3. The van der Waals surface area contributed by atoms with Gasteiger partial charge in [-0.05, 0) is 30.9 Å². The van der Waals surface area contributed by atoms with Crippen molar-refractivity contribution in [3.8, 4) is 0 Å². The number of thioether (sulfide) groups is 1. The van der Waals surface area contributed by atoms with Crippen molar-refractivity contribution in [2.24, 2.45) is 0 Å². The summed E-state index contributed by atoms with van der Waals surface area (Å²) >= 11 is 1.58. The van der Waals surface area contributed by atoms with E-state index < -0.39 is 10.0 Å². The zero-order valence-corrected chi connectivity index (χ0v) is 13.4. The van der Waals surface area contributed by atoms with Gasteiger partial charge in [0.2, 0.25) is 10.0 Å². The van der Waals surface area contributed by atoms with Crippen LogP contribution in [-0.4, -0.2) is 39.5 Å². The molecule has 0 radical (unpaired) electrons. The predicted octanol–water partition coefficient (Wildman–Crippen LogP) is 1.43. The smallest absolute Gasteiger partial charge is 0.309 e. The Morgan fingerprint density at radius 3 is 2.45 bits per heavy atom. The van der Waals surface area contributed by atoms with Crippen molar-refractivity contribution in [3.05, 3.63) is 29.8 Å². The molecule has 0 aliphatic carbocycles. The average molecular weight is 317 g/mol. The van der Waals surface area contributed by atoms with Crippen LogP contribution in [0, 0.1) is 0 Å². The van der Waals surface area contributed by atoms with E-state index >= 15 is 0 Å². The Morgan fingerprint density at radius 2 is 1.95 bits per heavy atom. The van der Waals surface area contributed by atoms with Crippen molar-refractivity contribution in [2.75, 3.05) is 19.1 Å². The van der Waals surface area contributed by atoms with E-state index in [9.17, 15) is 13.2 Å². The minimum Gasteiger partial charge on any atom is -0.469 e. The lowest BCUT2D eigenvalue weighted by molar-refractivity contribution is -0.139. The molecule has 0 fully saturated rings. The summed E-state index contributed by atoms with van der Waals surface area (Å²) < 4.78 is 31.4. The minimum absolute atomic E-state index is 0.132. The van der Waals surface area contributed by atoms with E-state index in [1.807, 2.05) is 13.2 Å². The molecule has 0 aliphatic rings. The van der Waals surface area contributed by atoms with Crippen molar-refractivity contribution >= 4 is 27.8 Å². The fraction of sp³-hybridized carbons (Fsp3) is 0.462. The molecule has 0 spiro atoms. The van der Waals surface area contributed by atoms with Crippen LogP contribution in [0.25, 0.3) is 0 Å². The van der Waals surface area contributed by atoms with Gasteiger partial charge in [-0.1, -0.05) is 12.1 Å². The quantitative estimate of drug-likeness (QED) is 0.770. The molecule has 7 heteroatoms. The highest BCUT2D eigenvalue weighted by molar-refractivity contribution is 7.98. The first-order valence-electron chi connectivity index (χ1n) is 6.06. The minimum atomic E-state index is -3.51. The maximum absolute atomic E-state index is 12.1. The monoisotopic (exact) mass is 317 g/mol. The zero-order chi connectivity index (χ0) is 15.2. The van der Waals surface area contributed by atoms with Gasteiger partial charge in [-0.25, -0.2) is 13.1 Å². The second-order valence-corrected chi connectivity index (χ2v) is 7.00. The number of carbonyl (C=O) groups excluding carboxylic acids is 1. The molecular weight excluding hydrogens is 298 g/mol. The van der Waals surface area contributed by atoms with Crippen LogP contribution >= 0.6 is 11.8 Å².